The van der Waals surface area contributed by atoms with E-state index < -0.39 is 0 Å². The van der Waals surface area contributed by atoms with E-state index in [1.165, 1.54) is 73.6 Å². The van der Waals surface area contributed by atoms with E-state index in [1.807, 2.05) is 0 Å². The second kappa shape index (κ2) is 9.77. The summed E-state index contributed by atoms with van der Waals surface area (Å²) in [5, 5.41) is 3.98. The SMILES string of the molecule is C/C=C\C=C/C1=CC(C)(C)c2cccc3cc4c(c5c(n4-c4cc(C6=CC=CC7CC67)nc(C67C=CC=CC6C7)n4)C4=CC=CC6CC46C=C5)c1c23. The van der Waals surface area contributed by atoms with Gasteiger partial charge in [-0.15, -0.1) is 0 Å². The third-order valence-electron chi connectivity index (χ3n) is 13.6. The molecule has 0 saturated heterocycles. The second-order valence-corrected chi connectivity index (χ2v) is 17.0. The lowest BCUT2D eigenvalue weighted by Crippen LogP contribution is -2.19. The van der Waals surface area contributed by atoms with Crippen LogP contribution in [-0.2, 0) is 10.8 Å². The third kappa shape index (κ3) is 3.76. The standard InChI is InChI=1S/C49H41N3/c1-4-5-6-12-31-26-47(2,3)37-18-10-14-30-24-40-44(43(31)42(30)37)35-20-22-48-27-32(48)16-11-19-38(48)45(35)52(40)41-25-39(34-17-9-13-29-23-36(29)34)50-46(51-41)49-21-8-7-15-33(49)28-49/h4-22,24-26,29,32-33,36H,23,27-28H2,1-3H3/b5-4-,12-6-. The zero-order chi connectivity index (χ0) is 34.6. The molecule has 0 bridgehead atoms. The van der Waals surface area contributed by atoms with Gasteiger partial charge in [0.15, 0.2) is 0 Å². The smallest absolute Gasteiger partial charge is 0.141 e. The van der Waals surface area contributed by atoms with E-state index >= 15 is 0 Å². The molecule has 52 heavy (non-hydrogen) atoms. The minimum Gasteiger partial charge on any atom is -0.293 e. The lowest BCUT2D eigenvalue weighted by atomic mass is 9.72. The van der Waals surface area contributed by atoms with Gasteiger partial charge >= 0.3 is 0 Å². The van der Waals surface area contributed by atoms with Gasteiger partial charge in [-0.1, -0.05) is 135 Å². The molecule has 6 atom stereocenters. The lowest BCUT2D eigenvalue weighted by Gasteiger charge is -2.31. The minimum atomic E-state index is -0.126. The highest BCUT2D eigenvalue weighted by Gasteiger charge is 2.58. The molecular weight excluding hydrogens is 631 g/mol. The fraction of sp³-hybridized carbons (Fsp3) is 0.265. The van der Waals surface area contributed by atoms with Crippen molar-refractivity contribution < 1.29 is 0 Å². The summed E-state index contributed by atoms with van der Waals surface area (Å²) in [7, 11) is 0. The van der Waals surface area contributed by atoms with Gasteiger partial charge in [0.25, 0.3) is 0 Å². The first-order valence-corrected chi connectivity index (χ1v) is 19.3. The van der Waals surface area contributed by atoms with Crippen LogP contribution >= 0.6 is 0 Å². The first-order valence-electron chi connectivity index (χ1n) is 19.3. The van der Waals surface area contributed by atoms with Crippen LogP contribution in [0.4, 0.5) is 0 Å². The maximum atomic E-state index is 5.66. The molecule has 3 nitrogen and oxygen atoms in total. The van der Waals surface area contributed by atoms with Crippen molar-refractivity contribution in [1.29, 1.82) is 0 Å². The van der Waals surface area contributed by atoms with E-state index in [-0.39, 0.29) is 16.2 Å². The molecule has 3 saturated carbocycles. The minimum absolute atomic E-state index is 0.0654. The van der Waals surface area contributed by atoms with Gasteiger partial charge in [0.05, 0.1) is 22.3 Å². The van der Waals surface area contributed by atoms with Crippen LogP contribution in [0.25, 0.3) is 50.3 Å². The van der Waals surface area contributed by atoms with Crippen molar-refractivity contribution in [3.8, 4) is 5.82 Å². The van der Waals surface area contributed by atoms with Crippen LogP contribution in [0.15, 0.2) is 128 Å². The van der Waals surface area contributed by atoms with E-state index in [9.17, 15) is 0 Å². The zero-order valence-corrected chi connectivity index (χ0v) is 30.0. The molecule has 0 N–H and O–H groups in total. The van der Waals surface area contributed by atoms with Gasteiger partial charge in [-0.05, 0) is 94.5 Å². The molecule has 2 heterocycles. The second-order valence-electron chi connectivity index (χ2n) is 17.0. The number of benzene rings is 2. The number of allylic oxidation sites excluding steroid dienone is 19. The van der Waals surface area contributed by atoms with Crippen LogP contribution in [0.5, 0.6) is 0 Å². The Balaban J connectivity index is 1.21. The summed E-state index contributed by atoms with van der Waals surface area (Å²) in [6.07, 6.45) is 42.9. The summed E-state index contributed by atoms with van der Waals surface area (Å²) in [5.74, 6) is 4.18. The normalized spacial score (nSPS) is 31.6. The van der Waals surface area contributed by atoms with Crippen molar-refractivity contribution in [3.05, 3.63) is 161 Å². The number of nitrogens with zero attached hydrogens (tertiary/aromatic N) is 3. The van der Waals surface area contributed by atoms with Crippen LogP contribution in [-0.4, -0.2) is 14.5 Å². The van der Waals surface area contributed by atoms with E-state index in [0.717, 1.165) is 23.8 Å². The predicted octanol–water partition coefficient (Wildman–Crippen LogP) is 11.3. The first-order chi connectivity index (χ1) is 25.4. The molecular formula is C49H41N3. The van der Waals surface area contributed by atoms with Crippen LogP contribution in [0, 0.1) is 29.1 Å². The van der Waals surface area contributed by atoms with Gasteiger partial charge in [-0.25, -0.2) is 9.97 Å². The Kier molecular flexibility index (Phi) is 5.51. The number of hydrogen-bond acceptors (Lipinski definition) is 2. The molecule has 252 valence electrons. The maximum absolute atomic E-state index is 5.66. The molecule has 4 aromatic rings. The van der Waals surface area contributed by atoms with Crippen molar-refractivity contribution >= 4 is 44.5 Å². The Morgan fingerprint density at radius 3 is 2.63 bits per heavy atom. The van der Waals surface area contributed by atoms with Crippen molar-refractivity contribution in [3.63, 3.8) is 0 Å². The molecule has 8 aliphatic carbocycles. The predicted molar refractivity (Wildman–Crippen MR) is 215 cm³/mol. The van der Waals surface area contributed by atoms with E-state index in [4.69, 9.17) is 9.97 Å². The average molecular weight is 672 g/mol. The van der Waals surface area contributed by atoms with E-state index in [2.05, 4.69) is 159 Å². The van der Waals surface area contributed by atoms with Gasteiger partial charge in [0.1, 0.15) is 11.6 Å². The van der Waals surface area contributed by atoms with Gasteiger partial charge in [0, 0.05) is 27.8 Å². The molecule has 1 spiro atoms. The highest BCUT2D eigenvalue weighted by Crippen LogP contribution is 2.67. The molecule has 0 amide bonds. The molecule has 12 rings (SSSR count). The summed E-state index contributed by atoms with van der Waals surface area (Å²) in [5.41, 5.74) is 11.6. The topological polar surface area (TPSA) is 30.7 Å². The number of rotatable bonds is 5. The number of hydrogen-bond donors (Lipinski definition) is 0. The van der Waals surface area contributed by atoms with Gasteiger partial charge in [0.2, 0.25) is 0 Å². The fourth-order valence-corrected chi connectivity index (χ4v) is 10.7. The van der Waals surface area contributed by atoms with Crippen molar-refractivity contribution in [2.45, 2.75) is 50.9 Å². The van der Waals surface area contributed by atoms with Crippen molar-refractivity contribution in [1.82, 2.24) is 14.5 Å². The zero-order valence-electron chi connectivity index (χ0n) is 30.0. The highest BCUT2D eigenvalue weighted by atomic mass is 15.1. The molecule has 3 fully saturated rings. The van der Waals surface area contributed by atoms with Gasteiger partial charge in [-0.3, -0.25) is 4.57 Å². The third-order valence-corrected chi connectivity index (χ3v) is 13.6. The van der Waals surface area contributed by atoms with Gasteiger partial charge < -0.3 is 0 Å². The van der Waals surface area contributed by atoms with E-state index in [0.29, 0.717) is 23.7 Å². The van der Waals surface area contributed by atoms with Crippen LogP contribution in [0.1, 0.15) is 73.9 Å². The molecule has 3 heteroatoms. The first kappa shape index (κ1) is 29.3. The summed E-state index contributed by atoms with van der Waals surface area (Å²) in [6, 6.07) is 11.7. The molecule has 8 aliphatic rings. The Morgan fingerprint density at radius 2 is 1.73 bits per heavy atom. The Hall–Kier alpha value is -5.28. The molecule has 2 aromatic heterocycles. The lowest BCUT2D eigenvalue weighted by molar-refractivity contribution is 0.675. The Labute approximate surface area is 305 Å². The summed E-state index contributed by atoms with van der Waals surface area (Å²) < 4.78 is 2.56. The number of aromatic nitrogens is 3. The fourth-order valence-electron chi connectivity index (χ4n) is 10.7. The van der Waals surface area contributed by atoms with Gasteiger partial charge in [-0.2, -0.15) is 0 Å². The van der Waals surface area contributed by atoms with Crippen LogP contribution in [0.3, 0.4) is 0 Å². The molecule has 0 aliphatic heterocycles. The molecule has 6 unspecified atom stereocenters. The summed E-state index contributed by atoms with van der Waals surface area (Å²) >= 11 is 0. The largest absolute Gasteiger partial charge is 0.293 e. The van der Waals surface area contributed by atoms with E-state index in [1.54, 1.807) is 0 Å². The Morgan fingerprint density at radius 1 is 0.865 bits per heavy atom. The molecule has 0 radical (unpaired) electrons. The quantitative estimate of drug-likeness (QED) is 0.198. The van der Waals surface area contributed by atoms with Crippen molar-refractivity contribution in [2.75, 3.05) is 0 Å². The highest BCUT2D eigenvalue weighted by molar-refractivity contribution is 6.17. The molecule has 2 aromatic carbocycles. The van der Waals surface area contributed by atoms with Crippen LogP contribution < -0.4 is 0 Å². The average Bonchev–Trinajstić information content (AvgIpc) is 4.08. The van der Waals surface area contributed by atoms with Crippen LogP contribution in [0.2, 0.25) is 0 Å². The summed E-state index contributed by atoms with van der Waals surface area (Å²) in [6.45, 7) is 6.80. The number of fused-ring (bicyclic) bond motifs is 7. The summed E-state index contributed by atoms with van der Waals surface area (Å²) in [4.78, 5) is 11.1. The monoisotopic (exact) mass is 671 g/mol. The maximum Gasteiger partial charge on any atom is 0.141 e. The Bertz CT molecular complexity index is 2670. The van der Waals surface area contributed by atoms with Crippen molar-refractivity contribution in [2.24, 2.45) is 29.1 Å².